The molecule has 0 radical (unpaired) electrons. The van der Waals surface area contributed by atoms with Gasteiger partial charge in [-0.05, 0) is 36.8 Å². The predicted molar refractivity (Wildman–Crippen MR) is 90.9 cm³/mol. The number of ether oxygens (including phenoxy) is 1. The molecule has 0 spiro atoms. The Kier molecular flexibility index (Phi) is 5.10. The van der Waals surface area contributed by atoms with E-state index in [9.17, 15) is 0 Å². The van der Waals surface area contributed by atoms with E-state index in [1.807, 2.05) is 0 Å². The van der Waals surface area contributed by atoms with Gasteiger partial charge in [0.2, 0.25) is 0 Å². The summed E-state index contributed by atoms with van der Waals surface area (Å²) in [6, 6.07) is 21.3. The van der Waals surface area contributed by atoms with Crippen LogP contribution in [-0.2, 0) is 17.6 Å². The minimum atomic E-state index is 0.319. The Hall–Kier alpha value is -1.12. The lowest BCUT2D eigenvalue weighted by Crippen LogP contribution is -2.35. The van der Waals surface area contributed by atoms with Crippen molar-refractivity contribution < 1.29 is 4.74 Å². The van der Waals surface area contributed by atoms with Gasteiger partial charge in [0.1, 0.15) is 0 Å². The lowest BCUT2D eigenvalue weighted by molar-refractivity contribution is -0.0444. The van der Waals surface area contributed by atoms with Crippen molar-refractivity contribution in [3.8, 4) is 0 Å². The summed E-state index contributed by atoms with van der Waals surface area (Å²) in [7, 11) is 0. The molecule has 2 heteroatoms. The Labute approximate surface area is 135 Å². The summed E-state index contributed by atoms with van der Waals surface area (Å²) >= 11 is 3.82. The second kappa shape index (κ2) is 7.24. The van der Waals surface area contributed by atoms with Gasteiger partial charge in [-0.2, -0.15) is 0 Å². The van der Waals surface area contributed by atoms with E-state index >= 15 is 0 Å². The summed E-state index contributed by atoms with van der Waals surface area (Å²) in [5, 5.41) is 0. The highest BCUT2D eigenvalue weighted by molar-refractivity contribution is 9.09. The van der Waals surface area contributed by atoms with Gasteiger partial charge in [-0.25, -0.2) is 0 Å². The number of benzene rings is 2. The Morgan fingerprint density at radius 1 is 0.762 bits per heavy atom. The van der Waals surface area contributed by atoms with Crippen LogP contribution in [0.3, 0.4) is 0 Å². The van der Waals surface area contributed by atoms with Crippen molar-refractivity contribution in [3.05, 3.63) is 71.8 Å². The summed E-state index contributed by atoms with van der Waals surface area (Å²) < 4.78 is 6.33. The zero-order chi connectivity index (χ0) is 14.5. The van der Waals surface area contributed by atoms with E-state index in [0.717, 1.165) is 25.7 Å². The van der Waals surface area contributed by atoms with Gasteiger partial charge in [0.15, 0.2) is 0 Å². The van der Waals surface area contributed by atoms with Crippen LogP contribution in [-0.4, -0.2) is 17.0 Å². The summed E-state index contributed by atoms with van der Waals surface area (Å²) in [5.41, 5.74) is 2.73. The average molecular weight is 345 g/mol. The predicted octanol–water partition coefficient (Wildman–Crippen LogP) is 4.78. The number of hydrogen-bond acceptors (Lipinski definition) is 1. The van der Waals surface area contributed by atoms with E-state index < -0.39 is 0 Å². The Bertz CT molecular complexity index is 491. The Morgan fingerprint density at radius 2 is 1.19 bits per heavy atom. The molecule has 3 rings (SSSR count). The summed E-state index contributed by atoms with van der Waals surface area (Å²) in [4.78, 5) is 0.564. The summed E-state index contributed by atoms with van der Waals surface area (Å²) in [6.45, 7) is 0. The quantitative estimate of drug-likeness (QED) is 0.725. The van der Waals surface area contributed by atoms with E-state index in [-0.39, 0.29) is 0 Å². The van der Waals surface area contributed by atoms with E-state index in [1.54, 1.807) is 0 Å². The second-order valence-electron chi connectivity index (χ2n) is 5.83. The van der Waals surface area contributed by atoms with E-state index in [4.69, 9.17) is 4.74 Å². The van der Waals surface area contributed by atoms with Crippen LogP contribution in [0.25, 0.3) is 0 Å². The molecular formula is C19H21BrO. The molecule has 2 aromatic carbocycles. The van der Waals surface area contributed by atoms with Crippen LogP contribution in [0.4, 0.5) is 0 Å². The van der Waals surface area contributed by atoms with Gasteiger partial charge in [0.25, 0.3) is 0 Å². The molecule has 1 heterocycles. The second-order valence-corrected chi connectivity index (χ2v) is 7.12. The Balaban J connectivity index is 1.62. The molecule has 1 aliphatic heterocycles. The first-order chi connectivity index (χ1) is 10.3. The van der Waals surface area contributed by atoms with Gasteiger partial charge >= 0.3 is 0 Å². The molecule has 2 aromatic rings. The van der Waals surface area contributed by atoms with E-state index in [1.165, 1.54) is 11.1 Å². The molecule has 1 fully saturated rings. The van der Waals surface area contributed by atoms with Gasteiger partial charge in [-0.1, -0.05) is 76.6 Å². The zero-order valence-electron chi connectivity index (χ0n) is 12.1. The first-order valence-electron chi connectivity index (χ1n) is 7.67. The van der Waals surface area contributed by atoms with Crippen LogP contribution in [0.15, 0.2) is 60.7 Å². The standard InChI is InChI=1S/C19H21BrO/c20-17-13-18(11-15-7-3-1-4-8-15)21-19(14-17)12-16-9-5-2-6-10-16/h1-10,17-19H,11-14H2. The number of alkyl halides is 1. The van der Waals surface area contributed by atoms with Crippen LogP contribution >= 0.6 is 15.9 Å². The van der Waals surface area contributed by atoms with Crippen LogP contribution in [0.1, 0.15) is 24.0 Å². The SMILES string of the molecule is BrC1CC(Cc2ccccc2)OC(Cc2ccccc2)C1. The topological polar surface area (TPSA) is 9.23 Å². The van der Waals surface area contributed by atoms with Crippen LogP contribution in [0.5, 0.6) is 0 Å². The summed E-state index contributed by atoms with van der Waals surface area (Å²) in [5.74, 6) is 0. The Morgan fingerprint density at radius 3 is 1.62 bits per heavy atom. The molecule has 0 aromatic heterocycles. The minimum Gasteiger partial charge on any atom is -0.374 e. The molecule has 0 amide bonds. The first kappa shape index (κ1) is 14.8. The fourth-order valence-corrected chi connectivity index (χ4v) is 3.90. The maximum atomic E-state index is 6.33. The average Bonchev–Trinajstić information content (AvgIpc) is 2.48. The van der Waals surface area contributed by atoms with Crippen molar-refractivity contribution in [1.29, 1.82) is 0 Å². The number of hydrogen-bond donors (Lipinski definition) is 0. The van der Waals surface area contributed by atoms with Crippen LogP contribution < -0.4 is 0 Å². The van der Waals surface area contributed by atoms with Gasteiger partial charge in [-0.15, -0.1) is 0 Å². The van der Waals surface area contributed by atoms with E-state index in [0.29, 0.717) is 17.0 Å². The van der Waals surface area contributed by atoms with Crippen molar-refractivity contribution in [3.63, 3.8) is 0 Å². The normalized spacial score (nSPS) is 25.7. The van der Waals surface area contributed by atoms with Crippen molar-refractivity contribution in [2.75, 3.05) is 0 Å². The van der Waals surface area contributed by atoms with Crippen LogP contribution in [0.2, 0.25) is 0 Å². The highest BCUT2D eigenvalue weighted by atomic mass is 79.9. The molecule has 0 bridgehead atoms. The van der Waals surface area contributed by atoms with Crippen molar-refractivity contribution in [2.24, 2.45) is 0 Å². The zero-order valence-corrected chi connectivity index (χ0v) is 13.7. The van der Waals surface area contributed by atoms with Gasteiger partial charge in [-0.3, -0.25) is 0 Å². The van der Waals surface area contributed by atoms with Gasteiger partial charge in [0, 0.05) is 4.83 Å². The van der Waals surface area contributed by atoms with Crippen molar-refractivity contribution >= 4 is 15.9 Å². The molecular weight excluding hydrogens is 324 g/mol. The highest BCUT2D eigenvalue weighted by Gasteiger charge is 2.28. The maximum Gasteiger partial charge on any atom is 0.0630 e. The summed E-state index contributed by atoms with van der Waals surface area (Å²) in [6.07, 6.45) is 4.85. The van der Waals surface area contributed by atoms with Crippen molar-refractivity contribution in [2.45, 2.75) is 42.7 Å². The molecule has 0 saturated carbocycles. The molecule has 1 aliphatic rings. The van der Waals surface area contributed by atoms with E-state index in [2.05, 4.69) is 76.6 Å². The molecule has 0 N–H and O–H groups in total. The largest absolute Gasteiger partial charge is 0.374 e. The first-order valence-corrected chi connectivity index (χ1v) is 8.58. The van der Waals surface area contributed by atoms with Crippen molar-refractivity contribution in [1.82, 2.24) is 0 Å². The third-order valence-electron chi connectivity index (χ3n) is 4.03. The molecule has 2 atom stereocenters. The lowest BCUT2D eigenvalue weighted by Gasteiger charge is -2.33. The molecule has 1 nitrogen and oxygen atoms in total. The number of rotatable bonds is 4. The maximum absolute atomic E-state index is 6.33. The highest BCUT2D eigenvalue weighted by Crippen LogP contribution is 2.29. The third-order valence-corrected chi connectivity index (χ3v) is 4.78. The molecule has 1 saturated heterocycles. The monoisotopic (exact) mass is 344 g/mol. The third kappa shape index (κ3) is 4.42. The molecule has 21 heavy (non-hydrogen) atoms. The van der Waals surface area contributed by atoms with Crippen LogP contribution in [0, 0.1) is 0 Å². The minimum absolute atomic E-state index is 0.319. The molecule has 110 valence electrons. The fraction of sp³-hybridized carbons (Fsp3) is 0.368. The van der Waals surface area contributed by atoms with Gasteiger partial charge < -0.3 is 4.74 Å². The number of halogens is 1. The fourth-order valence-electron chi connectivity index (χ4n) is 3.07. The smallest absolute Gasteiger partial charge is 0.0630 e. The molecule has 0 aliphatic carbocycles. The van der Waals surface area contributed by atoms with Gasteiger partial charge in [0.05, 0.1) is 12.2 Å². The lowest BCUT2D eigenvalue weighted by atomic mass is 9.95. The molecule has 2 unspecified atom stereocenters.